The normalized spacial score (nSPS) is 13.1. The molecule has 0 aliphatic carbocycles. The largest absolute Gasteiger partial charge is 0.340 e. The van der Waals surface area contributed by atoms with Gasteiger partial charge >= 0.3 is 0 Å². The van der Waals surface area contributed by atoms with Crippen molar-refractivity contribution in [1.29, 1.82) is 0 Å². The highest BCUT2D eigenvalue weighted by Crippen LogP contribution is 2.13. The van der Waals surface area contributed by atoms with Crippen molar-refractivity contribution < 1.29 is 9.59 Å². The third-order valence-electron chi connectivity index (χ3n) is 4.40. The number of ketones is 1. The Morgan fingerprint density at radius 1 is 0.720 bits per heavy atom. The summed E-state index contributed by atoms with van der Waals surface area (Å²) in [6, 6.07) is 0. The molecular formula is C22H37NO2. The van der Waals surface area contributed by atoms with Crippen molar-refractivity contribution >= 4 is 11.7 Å². The summed E-state index contributed by atoms with van der Waals surface area (Å²) in [7, 11) is 0. The van der Waals surface area contributed by atoms with Crippen LogP contribution in [0.25, 0.3) is 0 Å². The first kappa shape index (κ1) is 23.4. The monoisotopic (exact) mass is 347 g/mol. The molecule has 3 heteroatoms. The maximum Gasteiger partial charge on any atom is 0.249 e. The van der Waals surface area contributed by atoms with Gasteiger partial charge in [0, 0.05) is 25.1 Å². The summed E-state index contributed by atoms with van der Waals surface area (Å²) in [5, 5.41) is 0. The van der Waals surface area contributed by atoms with Crippen LogP contribution in [0.1, 0.15) is 80.1 Å². The van der Waals surface area contributed by atoms with Crippen LogP contribution in [0.4, 0.5) is 0 Å². The van der Waals surface area contributed by atoms with Gasteiger partial charge in [-0.1, -0.05) is 29.4 Å². The maximum absolute atomic E-state index is 12.2. The van der Waals surface area contributed by atoms with Crippen molar-refractivity contribution in [3.8, 4) is 0 Å². The first-order chi connectivity index (χ1) is 11.8. The molecule has 0 bridgehead atoms. The highest BCUT2D eigenvalue weighted by atomic mass is 16.2. The predicted molar refractivity (Wildman–Crippen MR) is 108 cm³/mol. The molecule has 0 saturated heterocycles. The minimum absolute atomic E-state index is 0.151. The second-order valence-corrected chi connectivity index (χ2v) is 6.78. The number of rotatable bonds is 12. The van der Waals surface area contributed by atoms with Crippen molar-refractivity contribution in [2.24, 2.45) is 0 Å². The van der Waals surface area contributed by atoms with Crippen LogP contribution in [-0.2, 0) is 9.59 Å². The Morgan fingerprint density at radius 3 is 1.60 bits per heavy atom. The minimum Gasteiger partial charge on any atom is -0.340 e. The standard InChI is InChI=1S/C22H37NO2/c1-7-23(8-2)22(25)20(5)16-10-14-18(3)12-9-13-19(4)15-11-17-21(6)24/h12,15-16H,7-11,13-14,17H2,1-6H3/b18-12+,19-15+,20-16+. The number of hydrogen-bond donors (Lipinski definition) is 0. The van der Waals surface area contributed by atoms with E-state index in [0.717, 1.165) is 50.8 Å². The van der Waals surface area contributed by atoms with Crippen LogP contribution in [0.5, 0.6) is 0 Å². The molecule has 0 aliphatic rings. The van der Waals surface area contributed by atoms with Crippen LogP contribution >= 0.6 is 0 Å². The lowest BCUT2D eigenvalue weighted by atomic mass is 10.0. The Bertz CT molecular complexity index is 508. The second-order valence-electron chi connectivity index (χ2n) is 6.78. The van der Waals surface area contributed by atoms with Gasteiger partial charge in [-0.05, 0) is 73.6 Å². The molecule has 0 saturated carbocycles. The van der Waals surface area contributed by atoms with Crippen LogP contribution in [-0.4, -0.2) is 29.7 Å². The van der Waals surface area contributed by atoms with E-state index >= 15 is 0 Å². The SMILES string of the molecule is CCN(CC)C(=O)/C(C)=C/CC/C(C)=C/CC/C(C)=C/CCC(C)=O. The topological polar surface area (TPSA) is 37.4 Å². The van der Waals surface area contributed by atoms with E-state index in [1.165, 1.54) is 11.1 Å². The Balaban J connectivity index is 4.22. The van der Waals surface area contributed by atoms with E-state index in [9.17, 15) is 9.59 Å². The third-order valence-corrected chi connectivity index (χ3v) is 4.40. The number of carbonyl (C=O) groups excluding carboxylic acids is 2. The second kappa shape index (κ2) is 13.6. The molecule has 0 N–H and O–H groups in total. The molecule has 0 heterocycles. The van der Waals surface area contributed by atoms with Crippen LogP contribution in [0.2, 0.25) is 0 Å². The van der Waals surface area contributed by atoms with Crippen molar-refractivity contribution in [3.05, 3.63) is 34.9 Å². The smallest absolute Gasteiger partial charge is 0.249 e. The van der Waals surface area contributed by atoms with Gasteiger partial charge in [0.1, 0.15) is 5.78 Å². The van der Waals surface area contributed by atoms with Crippen LogP contribution in [0.15, 0.2) is 34.9 Å². The van der Waals surface area contributed by atoms with Gasteiger partial charge in [-0.15, -0.1) is 0 Å². The number of hydrogen-bond acceptors (Lipinski definition) is 2. The van der Waals surface area contributed by atoms with E-state index < -0.39 is 0 Å². The molecule has 0 atom stereocenters. The van der Waals surface area contributed by atoms with Gasteiger partial charge in [0.15, 0.2) is 0 Å². The average molecular weight is 348 g/mol. The Morgan fingerprint density at radius 2 is 1.16 bits per heavy atom. The summed E-state index contributed by atoms with van der Waals surface area (Å²) in [4.78, 5) is 25.0. The molecule has 25 heavy (non-hydrogen) atoms. The molecule has 0 rings (SSSR count). The fraction of sp³-hybridized carbons (Fsp3) is 0.636. The van der Waals surface area contributed by atoms with Crippen molar-refractivity contribution in [2.75, 3.05) is 13.1 Å². The number of likely N-dealkylation sites (N-methyl/N-ethyl adjacent to an activating group) is 1. The lowest BCUT2D eigenvalue weighted by Crippen LogP contribution is -2.31. The van der Waals surface area contributed by atoms with Gasteiger partial charge in [0.25, 0.3) is 0 Å². The van der Waals surface area contributed by atoms with Crippen LogP contribution in [0.3, 0.4) is 0 Å². The molecular weight excluding hydrogens is 310 g/mol. The molecule has 3 nitrogen and oxygen atoms in total. The maximum atomic E-state index is 12.2. The molecule has 0 radical (unpaired) electrons. The highest BCUT2D eigenvalue weighted by Gasteiger charge is 2.10. The van der Waals surface area contributed by atoms with E-state index in [1.54, 1.807) is 6.92 Å². The van der Waals surface area contributed by atoms with E-state index in [4.69, 9.17) is 0 Å². The summed E-state index contributed by atoms with van der Waals surface area (Å²) in [5.74, 6) is 0.403. The van der Waals surface area contributed by atoms with Gasteiger partial charge < -0.3 is 9.69 Å². The molecule has 0 aromatic carbocycles. The number of carbonyl (C=O) groups is 2. The molecule has 0 aliphatic heterocycles. The molecule has 0 aromatic rings. The van der Waals surface area contributed by atoms with Gasteiger partial charge in [-0.3, -0.25) is 4.79 Å². The number of nitrogens with zero attached hydrogens (tertiary/aromatic N) is 1. The summed E-state index contributed by atoms with van der Waals surface area (Å²) in [5.41, 5.74) is 3.57. The summed E-state index contributed by atoms with van der Waals surface area (Å²) in [6.07, 6.45) is 12.0. The lowest BCUT2D eigenvalue weighted by Gasteiger charge is -2.18. The number of Topliss-reactive ketones (excluding diaryl/α,β-unsaturated/α-hetero) is 1. The molecule has 142 valence electrons. The van der Waals surface area contributed by atoms with Crippen molar-refractivity contribution in [1.82, 2.24) is 4.90 Å². The van der Waals surface area contributed by atoms with Gasteiger partial charge in [0.2, 0.25) is 5.91 Å². The van der Waals surface area contributed by atoms with Gasteiger partial charge in [0.05, 0.1) is 0 Å². The Hall–Kier alpha value is -1.64. The van der Waals surface area contributed by atoms with Crippen LogP contribution in [0, 0.1) is 0 Å². The van der Waals surface area contributed by atoms with E-state index in [-0.39, 0.29) is 11.7 Å². The Kier molecular flexibility index (Phi) is 12.7. The van der Waals surface area contributed by atoms with E-state index in [1.807, 2.05) is 25.7 Å². The molecule has 0 aromatic heterocycles. The van der Waals surface area contributed by atoms with Crippen LogP contribution < -0.4 is 0 Å². The van der Waals surface area contributed by atoms with E-state index in [2.05, 4.69) is 32.1 Å². The molecule has 0 unspecified atom stereocenters. The summed E-state index contributed by atoms with van der Waals surface area (Å²) >= 11 is 0. The van der Waals surface area contributed by atoms with Crippen molar-refractivity contribution in [3.63, 3.8) is 0 Å². The average Bonchev–Trinajstić information content (AvgIpc) is 2.55. The number of allylic oxidation sites excluding steroid dienone is 5. The summed E-state index contributed by atoms with van der Waals surface area (Å²) < 4.78 is 0. The lowest BCUT2D eigenvalue weighted by molar-refractivity contribution is -0.126. The first-order valence-electron chi connectivity index (χ1n) is 9.58. The van der Waals surface area contributed by atoms with Crippen molar-refractivity contribution in [2.45, 2.75) is 80.1 Å². The summed E-state index contributed by atoms with van der Waals surface area (Å²) in [6.45, 7) is 13.4. The van der Waals surface area contributed by atoms with E-state index in [0.29, 0.717) is 6.42 Å². The zero-order chi connectivity index (χ0) is 19.2. The number of amides is 1. The highest BCUT2D eigenvalue weighted by molar-refractivity contribution is 5.92. The predicted octanol–water partition coefficient (Wildman–Crippen LogP) is 5.62. The fourth-order valence-electron chi connectivity index (χ4n) is 2.64. The minimum atomic E-state index is 0.151. The first-order valence-corrected chi connectivity index (χ1v) is 9.58. The molecule has 1 amide bonds. The fourth-order valence-corrected chi connectivity index (χ4v) is 2.64. The Labute approximate surface area is 154 Å². The third kappa shape index (κ3) is 11.5. The zero-order valence-electron chi connectivity index (χ0n) is 17.2. The zero-order valence-corrected chi connectivity index (χ0v) is 17.2. The molecule has 0 spiro atoms. The molecule has 0 fully saturated rings. The quantitative estimate of drug-likeness (QED) is 0.339. The van der Waals surface area contributed by atoms with Gasteiger partial charge in [-0.2, -0.15) is 0 Å². The van der Waals surface area contributed by atoms with Gasteiger partial charge in [-0.25, -0.2) is 0 Å².